The molecule has 0 spiro atoms. The molecular formula is C10H12FNO. The fraction of sp³-hybridized carbons (Fsp3) is 0.400. The van der Waals surface area contributed by atoms with Crippen LogP contribution in [0, 0.1) is 5.82 Å². The second-order valence-electron chi connectivity index (χ2n) is 3.35. The molecule has 2 N–H and O–H groups in total. The van der Waals surface area contributed by atoms with Crippen LogP contribution in [0.25, 0.3) is 0 Å². The van der Waals surface area contributed by atoms with Gasteiger partial charge in [-0.2, -0.15) is 0 Å². The first-order valence-corrected chi connectivity index (χ1v) is 4.49. The number of rotatable bonds is 1. The Morgan fingerprint density at radius 2 is 2.31 bits per heavy atom. The van der Waals surface area contributed by atoms with Gasteiger partial charge in [0.05, 0.1) is 0 Å². The lowest BCUT2D eigenvalue weighted by Gasteiger charge is -2.11. The second-order valence-corrected chi connectivity index (χ2v) is 3.35. The molecule has 1 aromatic carbocycles. The summed E-state index contributed by atoms with van der Waals surface area (Å²) in [4.78, 5) is 0. The van der Waals surface area contributed by atoms with Crippen molar-refractivity contribution in [2.75, 3.05) is 6.54 Å². The van der Waals surface area contributed by atoms with Gasteiger partial charge in [-0.1, -0.05) is 0 Å². The van der Waals surface area contributed by atoms with E-state index in [1.54, 1.807) is 0 Å². The van der Waals surface area contributed by atoms with E-state index in [-0.39, 0.29) is 17.6 Å². The minimum Gasteiger partial charge on any atom is -0.508 e. The molecule has 70 valence electrons. The van der Waals surface area contributed by atoms with Gasteiger partial charge in [-0.3, -0.25) is 0 Å². The number of halogens is 1. The molecule has 0 aliphatic carbocycles. The SMILES string of the molecule is Oc1ccc(F)cc1[C@@H]1CCCN1. The zero-order valence-corrected chi connectivity index (χ0v) is 7.26. The molecule has 1 fully saturated rings. The van der Waals surface area contributed by atoms with Crippen molar-refractivity contribution in [2.45, 2.75) is 18.9 Å². The van der Waals surface area contributed by atoms with Gasteiger partial charge in [-0.05, 0) is 37.6 Å². The average Bonchev–Trinajstić information content (AvgIpc) is 2.61. The highest BCUT2D eigenvalue weighted by Gasteiger charge is 2.19. The van der Waals surface area contributed by atoms with Crippen molar-refractivity contribution in [1.29, 1.82) is 0 Å². The number of nitrogens with one attached hydrogen (secondary N) is 1. The highest BCUT2D eigenvalue weighted by molar-refractivity contribution is 5.35. The summed E-state index contributed by atoms with van der Waals surface area (Å²) in [6.07, 6.45) is 2.05. The van der Waals surface area contributed by atoms with Gasteiger partial charge in [-0.25, -0.2) is 4.39 Å². The molecule has 1 atom stereocenters. The van der Waals surface area contributed by atoms with Crippen molar-refractivity contribution in [3.8, 4) is 5.75 Å². The lowest BCUT2D eigenvalue weighted by Crippen LogP contribution is -2.13. The highest BCUT2D eigenvalue weighted by Crippen LogP contribution is 2.30. The molecule has 1 saturated heterocycles. The molecule has 3 heteroatoms. The van der Waals surface area contributed by atoms with Crippen molar-refractivity contribution in [3.05, 3.63) is 29.6 Å². The predicted molar refractivity (Wildman–Crippen MR) is 48.0 cm³/mol. The van der Waals surface area contributed by atoms with Crippen LogP contribution in [-0.4, -0.2) is 11.7 Å². The number of benzene rings is 1. The number of phenols is 1. The summed E-state index contributed by atoms with van der Waals surface area (Å²) in [6, 6.07) is 4.20. The van der Waals surface area contributed by atoms with E-state index >= 15 is 0 Å². The van der Waals surface area contributed by atoms with Crippen LogP contribution >= 0.6 is 0 Å². The van der Waals surface area contributed by atoms with Gasteiger partial charge in [-0.15, -0.1) is 0 Å². The third kappa shape index (κ3) is 1.65. The van der Waals surface area contributed by atoms with Crippen molar-refractivity contribution < 1.29 is 9.50 Å². The first-order chi connectivity index (χ1) is 6.27. The van der Waals surface area contributed by atoms with Crippen LogP contribution < -0.4 is 5.32 Å². The van der Waals surface area contributed by atoms with Gasteiger partial charge in [0.1, 0.15) is 11.6 Å². The van der Waals surface area contributed by atoms with E-state index in [1.165, 1.54) is 18.2 Å². The Balaban J connectivity index is 2.32. The first-order valence-electron chi connectivity index (χ1n) is 4.49. The minimum absolute atomic E-state index is 0.121. The van der Waals surface area contributed by atoms with Crippen LogP contribution in [-0.2, 0) is 0 Å². The summed E-state index contributed by atoms with van der Waals surface area (Å²) in [5, 5.41) is 12.7. The fourth-order valence-electron chi connectivity index (χ4n) is 1.75. The Kier molecular flexibility index (Phi) is 2.19. The molecule has 0 aromatic heterocycles. The zero-order chi connectivity index (χ0) is 9.26. The van der Waals surface area contributed by atoms with Gasteiger partial charge < -0.3 is 10.4 Å². The molecule has 0 saturated carbocycles. The van der Waals surface area contributed by atoms with Crippen LogP contribution in [0.3, 0.4) is 0 Å². The molecule has 1 aromatic rings. The summed E-state index contributed by atoms with van der Waals surface area (Å²) in [7, 11) is 0. The molecule has 2 rings (SSSR count). The fourth-order valence-corrected chi connectivity index (χ4v) is 1.75. The number of hydrogen-bond donors (Lipinski definition) is 2. The normalized spacial score (nSPS) is 22.1. The van der Waals surface area contributed by atoms with Crippen LogP contribution in [0.2, 0.25) is 0 Å². The van der Waals surface area contributed by atoms with Crippen LogP contribution in [0.5, 0.6) is 5.75 Å². The van der Waals surface area contributed by atoms with Gasteiger partial charge in [0, 0.05) is 11.6 Å². The van der Waals surface area contributed by atoms with E-state index in [9.17, 15) is 9.50 Å². The topological polar surface area (TPSA) is 32.3 Å². The molecule has 0 unspecified atom stereocenters. The molecular weight excluding hydrogens is 169 g/mol. The van der Waals surface area contributed by atoms with Crippen LogP contribution in [0.4, 0.5) is 4.39 Å². The lowest BCUT2D eigenvalue weighted by atomic mass is 10.0. The van der Waals surface area contributed by atoms with Gasteiger partial charge in [0.25, 0.3) is 0 Å². The molecule has 1 aliphatic rings. The Morgan fingerprint density at radius 3 is 3.00 bits per heavy atom. The van der Waals surface area contributed by atoms with Crippen molar-refractivity contribution >= 4 is 0 Å². The first kappa shape index (κ1) is 8.51. The summed E-state index contributed by atoms with van der Waals surface area (Å²) in [5.41, 5.74) is 0.678. The number of aromatic hydroxyl groups is 1. The van der Waals surface area contributed by atoms with Crippen molar-refractivity contribution in [3.63, 3.8) is 0 Å². The summed E-state index contributed by atoms with van der Waals surface area (Å²) < 4.78 is 12.9. The minimum atomic E-state index is -0.290. The standard InChI is InChI=1S/C10H12FNO/c11-7-3-4-10(13)8(6-7)9-2-1-5-12-9/h3-4,6,9,12-13H,1-2,5H2/t9-/m0/s1. The summed E-state index contributed by atoms with van der Waals surface area (Å²) >= 11 is 0. The molecule has 1 aliphatic heterocycles. The maximum Gasteiger partial charge on any atom is 0.123 e. The van der Waals surface area contributed by atoms with E-state index in [2.05, 4.69) is 5.32 Å². The van der Waals surface area contributed by atoms with E-state index in [4.69, 9.17) is 0 Å². The monoisotopic (exact) mass is 181 g/mol. The number of phenolic OH excluding ortho intramolecular Hbond substituents is 1. The second kappa shape index (κ2) is 3.34. The van der Waals surface area contributed by atoms with Crippen molar-refractivity contribution in [1.82, 2.24) is 5.32 Å². The van der Waals surface area contributed by atoms with Crippen molar-refractivity contribution in [2.24, 2.45) is 0 Å². The van der Waals surface area contributed by atoms with E-state index < -0.39 is 0 Å². The Labute approximate surface area is 76.4 Å². The maximum absolute atomic E-state index is 12.9. The summed E-state index contributed by atoms with van der Waals surface area (Å²) in [6.45, 7) is 0.945. The smallest absolute Gasteiger partial charge is 0.123 e. The molecule has 1 heterocycles. The predicted octanol–water partition coefficient (Wildman–Crippen LogP) is 1.96. The third-order valence-electron chi connectivity index (χ3n) is 2.43. The Hall–Kier alpha value is -1.09. The maximum atomic E-state index is 12.9. The van der Waals surface area contributed by atoms with Gasteiger partial charge in [0.2, 0.25) is 0 Å². The number of hydrogen-bond acceptors (Lipinski definition) is 2. The quantitative estimate of drug-likeness (QED) is 0.694. The van der Waals surface area contributed by atoms with Gasteiger partial charge in [0.15, 0.2) is 0 Å². The van der Waals surface area contributed by atoms with E-state index in [0.29, 0.717) is 5.56 Å². The lowest BCUT2D eigenvalue weighted by molar-refractivity contribution is 0.453. The molecule has 2 nitrogen and oxygen atoms in total. The Morgan fingerprint density at radius 1 is 1.46 bits per heavy atom. The Bertz CT molecular complexity index is 308. The van der Waals surface area contributed by atoms with Crippen LogP contribution in [0.1, 0.15) is 24.4 Å². The largest absolute Gasteiger partial charge is 0.508 e. The molecule has 0 bridgehead atoms. The zero-order valence-electron chi connectivity index (χ0n) is 7.26. The van der Waals surface area contributed by atoms with Gasteiger partial charge >= 0.3 is 0 Å². The van der Waals surface area contributed by atoms with E-state index in [0.717, 1.165) is 19.4 Å². The highest BCUT2D eigenvalue weighted by atomic mass is 19.1. The van der Waals surface area contributed by atoms with Crippen LogP contribution in [0.15, 0.2) is 18.2 Å². The van der Waals surface area contributed by atoms with E-state index in [1.807, 2.05) is 0 Å². The molecule has 0 amide bonds. The third-order valence-corrected chi connectivity index (χ3v) is 2.43. The molecule has 13 heavy (non-hydrogen) atoms. The summed E-state index contributed by atoms with van der Waals surface area (Å²) in [5.74, 6) is -0.109. The molecule has 0 radical (unpaired) electrons. The average molecular weight is 181 g/mol.